The molecule has 72 valence electrons. The van der Waals surface area contributed by atoms with Crippen molar-refractivity contribution in [2.45, 2.75) is 29.9 Å². The summed E-state index contributed by atoms with van der Waals surface area (Å²) in [4.78, 5) is 0. The molecule has 0 aromatic carbocycles. The van der Waals surface area contributed by atoms with E-state index in [9.17, 15) is 10.2 Å². The van der Waals surface area contributed by atoms with Crippen molar-refractivity contribution in [1.82, 2.24) is 0 Å². The Morgan fingerprint density at radius 2 is 1.67 bits per heavy atom. The third-order valence-corrected chi connectivity index (χ3v) is 2.29. The highest BCUT2D eigenvalue weighted by Gasteiger charge is 2.41. The van der Waals surface area contributed by atoms with Gasteiger partial charge in [0.05, 0.1) is 6.61 Å². The van der Waals surface area contributed by atoms with Crippen molar-refractivity contribution in [3.8, 4) is 0 Å². The average molecular weight is 196 g/mol. The first-order chi connectivity index (χ1) is 5.57. The number of aliphatic hydroxyl groups is 4. The van der Waals surface area contributed by atoms with Crippen LogP contribution in [0.25, 0.3) is 0 Å². The van der Waals surface area contributed by atoms with Crippen LogP contribution >= 0.6 is 12.6 Å². The number of hydrogen-bond acceptors (Lipinski definition) is 6. The molecule has 6 heteroatoms. The second kappa shape index (κ2) is 3.91. The zero-order chi connectivity index (χ0) is 9.30. The Morgan fingerprint density at radius 1 is 1.08 bits per heavy atom. The van der Waals surface area contributed by atoms with Crippen molar-refractivity contribution in [2.24, 2.45) is 0 Å². The van der Waals surface area contributed by atoms with E-state index in [1.807, 2.05) is 0 Å². The summed E-state index contributed by atoms with van der Waals surface area (Å²) >= 11 is 3.81. The molecule has 1 aliphatic rings. The maximum Gasteiger partial charge on any atom is 0.129 e. The lowest BCUT2D eigenvalue weighted by Gasteiger charge is -2.37. The molecule has 1 rings (SSSR count). The highest BCUT2D eigenvalue weighted by molar-refractivity contribution is 7.80. The van der Waals surface area contributed by atoms with Crippen LogP contribution in [0, 0.1) is 0 Å². The van der Waals surface area contributed by atoms with Gasteiger partial charge in [0, 0.05) is 0 Å². The molecule has 1 fully saturated rings. The van der Waals surface area contributed by atoms with Gasteiger partial charge in [-0.1, -0.05) is 0 Å². The predicted molar refractivity (Wildman–Crippen MR) is 42.8 cm³/mol. The van der Waals surface area contributed by atoms with Crippen LogP contribution < -0.4 is 0 Å². The van der Waals surface area contributed by atoms with Crippen molar-refractivity contribution >= 4 is 12.6 Å². The summed E-state index contributed by atoms with van der Waals surface area (Å²) in [6, 6.07) is 0. The summed E-state index contributed by atoms with van der Waals surface area (Å²) in [5.41, 5.74) is -0.874. The highest BCUT2D eigenvalue weighted by Crippen LogP contribution is 2.22. The van der Waals surface area contributed by atoms with E-state index in [1.54, 1.807) is 0 Å². The van der Waals surface area contributed by atoms with E-state index in [1.165, 1.54) is 0 Å². The molecule has 5 nitrogen and oxygen atoms in total. The molecule has 0 bridgehead atoms. The molecule has 1 aliphatic heterocycles. The number of ether oxygens (including phenoxy) is 1. The van der Waals surface area contributed by atoms with E-state index in [2.05, 4.69) is 12.6 Å². The van der Waals surface area contributed by atoms with Gasteiger partial charge in [-0.05, 0) is 0 Å². The second-order valence-electron chi connectivity index (χ2n) is 2.72. The van der Waals surface area contributed by atoms with Gasteiger partial charge in [-0.2, -0.15) is 0 Å². The van der Waals surface area contributed by atoms with Crippen LogP contribution in [0.4, 0.5) is 0 Å². The van der Waals surface area contributed by atoms with E-state index in [-0.39, 0.29) is 0 Å². The molecule has 0 unspecified atom stereocenters. The quantitative estimate of drug-likeness (QED) is 0.305. The Labute approximate surface area is 75.0 Å². The Bertz CT molecular complexity index is 150. The zero-order valence-electron chi connectivity index (χ0n) is 6.24. The van der Waals surface area contributed by atoms with Crippen LogP contribution in [0.15, 0.2) is 0 Å². The minimum Gasteiger partial charge on any atom is -0.394 e. The van der Waals surface area contributed by atoms with Crippen LogP contribution in [-0.4, -0.2) is 56.9 Å². The van der Waals surface area contributed by atoms with Crippen molar-refractivity contribution in [3.05, 3.63) is 0 Å². The molecular formula is C6H12O5S. The predicted octanol–water partition coefficient (Wildman–Crippen LogP) is -2.28. The van der Waals surface area contributed by atoms with Crippen LogP contribution in [0.5, 0.6) is 0 Å². The highest BCUT2D eigenvalue weighted by atomic mass is 32.1. The molecule has 1 heterocycles. The second-order valence-corrected chi connectivity index (χ2v) is 3.23. The zero-order valence-corrected chi connectivity index (χ0v) is 7.13. The average Bonchev–Trinajstić information content (AvgIpc) is 2.08. The van der Waals surface area contributed by atoms with Gasteiger partial charge in [-0.15, -0.1) is 12.6 Å². The molecule has 0 amide bonds. The summed E-state index contributed by atoms with van der Waals surface area (Å²) in [6.45, 7) is -0.415. The summed E-state index contributed by atoms with van der Waals surface area (Å²) in [5.74, 6) is 0. The third kappa shape index (κ3) is 1.73. The van der Waals surface area contributed by atoms with Crippen LogP contribution in [0.3, 0.4) is 0 Å². The standard InChI is InChI=1S/C6H12O5S/c7-1-2-3(8)4(9)5(10)6(12)11-2/h2-10,12H,1H2/t2-,3+,4-,5+,6+/m0/s1. The maximum absolute atomic E-state index is 9.20. The Kier molecular flexibility index (Phi) is 3.33. The van der Waals surface area contributed by atoms with E-state index < -0.39 is 36.5 Å². The maximum atomic E-state index is 9.20. The molecular weight excluding hydrogens is 184 g/mol. The van der Waals surface area contributed by atoms with Gasteiger partial charge in [0.25, 0.3) is 0 Å². The number of rotatable bonds is 1. The van der Waals surface area contributed by atoms with E-state index in [4.69, 9.17) is 14.9 Å². The van der Waals surface area contributed by atoms with E-state index in [0.29, 0.717) is 0 Å². The summed E-state index contributed by atoms with van der Waals surface area (Å²) in [7, 11) is 0. The van der Waals surface area contributed by atoms with Gasteiger partial charge < -0.3 is 25.2 Å². The fourth-order valence-corrected chi connectivity index (χ4v) is 1.41. The smallest absolute Gasteiger partial charge is 0.129 e. The van der Waals surface area contributed by atoms with Gasteiger partial charge in [0.2, 0.25) is 0 Å². The van der Waals surface area contributed by atoms with Crippen molar-refractivity contribution < 1.29 is 25.2 Å². The molecule has 12 heavy (non-hydrogen) atoms. The Balaban J connectivity index is 2.63. The third-order valence-electron chi connectivity index (χ3n) is 1.87. The summed E-state index contributed by atoms with van der Waals surface area (Å²) in [6.07, 6.45) is -4.70. The Morgan fingerprint density at radius 3 is 2.17 bits per heavy atom. The first-order valence-electron chi connectivity index (χ1n) is 3.56. The number of hydrogen-bond donors (Lipinski definition) is 5. The lowest BCUT2D eigenvalue weighted by atomic mass is 10.0. The minimum atomic E-state index is -1.32. The SMILES string of the molecule is OC[C@@H]1O[C@H](S)[C@H](O)[C@@H](O)[C@@H]1O. The lowest BCUT2D eigenvalue weighted by Crippen LogP contribution is -2.56. The van der Waals surface area contributed by atoms with Gasteiger partial charge in [0.1, 0.15) is 29.9 Å². The van der Waals surface area contributed by atoms with E-state index in [0.717, 1.165) is 0 Å². The largest absolute Gasteiger partial charge is 0.394 e. The van der Waals surface area contributed by atoms with Gasteiger partial charge in [-0.3, -0.25) is 0 Å². The van der Waals surface area contributed by atoms with Gasteiger partial charge in [-0.25, -0.2) is 0 Å². The van der Waals surface area contributed by atoms with Crippen LogP contribution in [0.2, 0.25) is 0 Å². The summed E-state index contributed by atoms with van der Waals surface area (Å²) in [5, 5.41) is 36.2. The van der Waals surface area contributed by atoms with Crippen LogP contribution in [0.1, 0.15) is 0 Å². The first kappa shape index (κ1) is 10.2. The van der Waals surface area contributed by atoms with E-state index >= 15 is 0 Å². The Hall–Kier alpha value is 0.150. The lowest BCUT2D eigenvalue weighted by molar-refractivity contribution is -0.205. The van der Waals surface area contributed by atoms with Gasteiger partial charge >= 0.3 is 0 Å². The van der Waals surface area contributed by atoms with Crippen molar-refractivity contribution in [3.63, 3.8) is 0 Å². The monoisotopic (exact) mass is 196 g/mol. The molecule has 4 N–H and O–H groups in total. The molecule has 0 radical (unpaired) electrons. The molecule has 0 aromatic heterocycles. The first-order valence-corrected chi connectivity index (χ1v) is 4.08. The molecule has 0 spiro atoms. The van der Waals surface area contributed by atoms with Crippen molar-refractivity contribution in [2.75, 3.05) is 6.61 Å². The fourth-order valence-electron chi connectivity index (χ4n) is 1.08. The molecule has 5 atom stereocenters. The summed E-state index contributed by atoms with van der Waals surface area (Å²) < 4.78 is 4.88. The minimum absolute atomic E-state index is 0.415. The number of thiol groups is 1. The molecule has 0 aliphatic carbocycles. The molecule has 0 aromatic rings. The van der Waals surface area contributed by atoms with Crippen molar-refractivity contribution in [1.29, 1.82) is 0 Å². The van der Waals surface area contributed by atoms with Crippen LogP contribution in [-0.2, 0) is 4.74 Å². The normalized spacial score (nSPS) is 49.2. The number of aliphatic hydroxyl groups excluding tert-OH is 4. The van der Waals surface area contributed by atoms with Gasteiger partial charge in [0.15, 0.2) is 0 Å². The molecule has 0 saturated carbocycles. The fraction of sp³-hybridized carbons (Fsp3) is 1.00. The topological polar surface area (TPSA) is 90.2 Å². The molecule has 1 saturated heterocycles.